The van der Waals surface area contributed by atoms with Crippen molar-refractivity contribution >= 4 is 5.97 Å². The van der Waals surface area contributed by atoms with Gasteiger partial charge in [0.2, 0.25) is 0 Å². The summed E-state index contributed by atoms with van der Waals surface area (Å²) in [5, 5.41) is 11.0. The molecular weight excluding hydrogens is 316 g/mol. The topological polar surface area (TPSA) is 55.8 Å². The van der Waals surface area contributed by atoms with Crippen molar-refractivity contribution in [1.82, 2.24) is 0 Å². The summed E-state index contributed by atoms with van der Waals surface area (Å²) in [6, 6.07) is 0. The highest BCUT2D eigenvalue weighted by molar-refractivity contribution is 5.90. The van der Waals surface area contributed by atoms with Crippen molar-refractivity contribution in [2.75, 3.05) is 0 Å². The van der Waals surface area contributed by atoms with Crippen LogP contribution in [-0.2, 0) is 14.3 Å². The van der Waals surface area contributed by atoms with E-state index in [4.69, 9.17) is 9.47 Å². The molecule has 25 heavy (non-hydrogen) atoms. The van der Waals surface area contributed by atoms with Crippen LogP contribution in [0.2, 0.25) is 0 Å². The average molecular weight is 348 g/mol. The van der Waals surface area contributed by atoms with Crippen molar-refractivity contribution in [2.45, 2.75) is 90.1 Å². The molecule has 0 saturated carbocycles. The van der Waals surface area contributed by atoms with Crippen LogP contribution in [0.4, 0.5) is 0 Å². The second-order valence-electron chi connectivity index (χ2n) is 8.36. The number of hydrogen-bond acceptors (Lipinski definition) is 4. The molecule has 0 spiro atoms. The highest BCUT2D eigenvalue weighted by atomic mass is 16.6. The van der Waals surface area contributed by atoms with Gasteiger partial charge in [0, 0.05) is 11.5 Å². The molecule has 6 atom stereocenters. The molecule has 140 valence electrons. The molecule has 3 rings (SSSR count). The average Bonchev–Trinajstić information content (AvgIpc) is 2.99. The Morgan fingerprint density at radius 3 is 2.84 bits per heavy atom. The lowest BCUT2D eigenvalue weighted by Crippen LogP contribution is -2.47. The second-order valence-corrected chi connectivity index (χ2v) is 8.36. The molecule has 0 radical (unpaired) electrons. The third-order valence-corrected chi connectivity index (χ3v) is 6.33. The molecule has 2 saturated heterocycles. The number of rotatable bonds is 0. The Morgan fingerprint density at radius 2 is 2.12 bits per heavy atom. The van der Waals surface area contributed by atoms with E-state index in [1.165, 1.54) is 5.57 Å². The van der Waals surface area contributed by atoms with Crippen LogP contribution in [0.15, 0.2) is 23.3 Å². The molecule has 0 aliphatic carbocycles. The Labute approximate surface area is 151 Å². The van der Waals surface area contributed by atoms with Gasteiger partial charge in [-0.2, -0.15) is 0 Å². The van der Waals surface area contributed by atoms with Gasteiger partial charge in [0.1, 0.15) is 12.2 Å². The molecule has 4 heteroatoms. The third kappa shape index (κ3) is 3.70. The van der Waals surface area contributed by atoms with Crippen LogP contribution >= 0.6 is 0 Å². The van der Waals surface area contributed by atoms with Crippen LogP contribution in [0, 0.1) is 11.8 Å². The van der Waals surface area contributed by atoms with Gasteiger partial charge in [-0.05, 0) is 65.2 Å². The van der Waals surface area contributed by atoms with Crippen molar-refractivity contribution < 1.29 is 19.4 Å². The first kappa shape index (κ1) is 18.7. The molecule has 4 nitrogen and oxygen atoms in total. The summed E-state index contributed by atoms with van der Waals surface area (Å²) >= 11 is 0. The van der Waals surface area contributed by atoms with E-state index >= 15 is 0 Å². The van der Waals surface area contributed by atoms with E-state index in [9.17, 15) is 9.90 Å². The number of carbonyl (C=O) groups is 1. The zero-order valence-electron chi connectivity index (χ0n) is 16.0. The van der Waals surface area contributed by atoms with Gasteiger partial charge in [0.05, 0.1) is 11.7 Å². The second kappa shape index (κ2) is 7.24. The number of hydrogen-bond donors (Lipinski definition) is 1. The first-order chi connectivity index (χ1) is 11.8. The van der Waals surface area contributed by atoms with Gasteiger partial charge in [-0.1, -0.05) is 24.6 Å². The molecule has 3 heterocycles. The Hall–Kier alpha value is -1.13. The highest BCUT2D eigenvalue weighted by Gasteiger charge is 2.53. The van der Waals surface area contributed by atoms with Crippen LogP contribution in [0.3, 0.4) is 0 Å². The number of allylic oxidation sites excluding steroid dienone is 3. The van der Waals surface area contributed by atoms with Gasteiger partial charge in [0.25, 0.3) is 0 Å². The van der Waals surface area contributed by atoms with Gasteiger partial charge in [0.15, 0.2) is 0 Å². The van der Waals surface area contributed by atoms with Crippen LogP contribution in [0.5, 0.6) is 0 Å². The van der Waals surface area contributed by atoms with Gasteiger partial charge >= 0.3 is 5.97 Å². The standard InChI is InChI=1S/C21H32O4/c1-5-15-16-12-17-21(4,23)11-7-9-13(2)8-6-10-14(3)18(19(16)24-17)25-20(15)22/h5,9,14,16-19,23H,6-8,10-12H2,1-4H3/b13-9+,15-5-/t14-,16-,17-,18+,19+,21+/m0/s1. The van der Waals surface area contributed by atoms with Gasteiger partial charge in [-0.15, -0.1) is 0 Å². The lowest BCUT2D eigenvalue weighted by Gasteiger charge is -2.37. The number of esters is 1. The predicted octanol–water partition coefficient (Wildman–Crippen LogP) is 3.93. The minimum absolute atomic E-state index is 0.0374. The first-order valence-electron chi connectivity index (χ1n) is 9.74. The van der Waals surface area contributed by atoms with E-state index in [1.807, 2.05) is 19.9 Å². The highest BCUT2D eigenvalue weighted by Crippen LogP contribution is 2.45. The smallest absolute Gasteiger partial charge is 0.334 e. The third-order valence-electron chi connectivity index (χ3n) is 6.33. The lowest BCUT2D eigenvalue weighted by atomic mass is 9.79. The molecule has 2 bridgehead atoms. The molecule has 0 unspecified atom stereocenters. The summed E-state index contributed by atoms with van der Waals surface area (Å²) < 4.78 is 12.2. The first-order valence-corrected chi connectivity index (χ1v) is 9.74. The normalized spacial score (nSPS) is 46.4. The molecule has 1 N–H and O–H groups in total. The van der Waals surface area contributed by atoms with Crippen LogP contribution in [0.1, 0.15) is 66.2 Å². The van der Waals surface area contributed by atoms with Crippen molar-refractivity contribution in [1.29, 1.82) is 0 Å². The SMILES string of the molecule is C/C=C1\C(=O)O[C@H]2[C@@H]3O[C@@H](C[C@@H]13)[C@](C)(O)CC/C=C(\C)CCC[C@@H]2C. The summed E-state index contributed by atoms with van der Waals surface area (Å²) in [5.41, 5.74) is 1.20. The fraction of sp³-hybridized carbons (Fsp3) is 0.762. The number of fused-ring (bicyclic) bond motifs is 1. The quantitative estimate of drug-likeness (QED) is 0.409. The number of aliphatic hydroxyl groups is 1. The molecule has 0 aromatic heterocycles. The largest absolute Gasteiger partial charge is 0.456 e. The molecule has 3 aliphatic heterocycles. The maximum absolute atomic E-state index is 12.5. The predicted molar refractivity (Wildman–Crippen MR) is 97.0 cm³/mol. The zero-order valence-corrected chi connectivity index (χ0v) is 16.0. The Bertz CT molecular complexity index is 574. The van der Waals surface area contributed by atoms with Crippen LogP contribution in [0.25, 0.3) is 0 Å². The summed E-state index contributed by atoms with van der Waals surface area (Å²) in [7, 11) is 0. The summed E-state index contributed by atoms with van der Waals surface area (Å²) in [4.78, 5) is 12.5. The fourth-order valence-corrected chi connectivity index (χ4v) is 4.64. The molecular formula is C21H32O4. The monoisotopic (exact) mass is 348 g/mol. The number of ether oxygens (including phenoxy) is 2. The molecule has 0 amide bonds. The van der Waals surface area contributed by atoms with E-state index in [0.29, 0.717) is 12.8 Å². The lowest BCUT2D eigenvalue weighted by molar-refractivity contribution is -0.174. The zero-order chi connectivity index (χ0) is 18.2. The van der Waals surface area contributed by atoms with Crippen LogP contribution < -0.4 is 0 Å². The van der Waals surface area contributed by atoms with Crippen molar-refractivity contribution in [3.05, 3.63) is 23.3 Å². The van der Waals surface area contributed by atoms with E-state index in [-0.39, 0.29) is 36.1 Å². The van der Waals surface area contributed by atoms with Crippen molar-refractivity contribution in [3.8, 4) is 0 Å². The van der Waals surface area contributed by atoms with Gasteiger partial charge in [-0.3, -0.25) is 0 Å². The Kier molecular flexibility index (Phi) is 5.40. The van der Waals surface area contributed by atoms with E-state index in [2.05, 4.69) is 19.9 Å². The Morgan fingerprint density at radius 1 is 1.36 bits per heavy atom. The maximum Gasteiger partial charge on any atom is 0.334 e. The Balaban J connectivity index is 1.92. The van der Waals surface area contributed by atoms with Crippen molar-refractivity contribution in [3.63, 3.8) is 0 Å². The summed E-state index contributed by atoms with van der Waals surface area (Å²) in [6.45, 7) is 8.07. The van der Waals surface area contributed by atoms with Gasteiger partial charge in [-0.25, -0.2) is 4.79 Å². The summed E-state index contributed by atoms with van der Waals surface area (Å²) in [5.74, 6) is 0.0927. The molecule has 0 aromatic rings. The molecule has 0 aromatic carbocycles. The fourth-order valence-electron chi connectivity index (χ4n) is 4.64. The van der Waals surface area contributed by atoms with E-state index in [1.54, 1.807) is 0 Å². The van der Waals surface area contributed by atoms with Crippen molar-refractivity contribution in [2.24, 2.45) is 11.8 Å². The summed E-state index contributed by atoms with van der Waals surface area (Å²) in [6.07, 6.45) is 8.90. The van der Waals surface area contributed by atoms with E-state index < -0.39 is 5.60 Å². The van der Waals surface area contributed by atoms with Gasteiger partial charge < -0.3 is 14.6 Å². The number of carbonyl (C=O) groups excluding carboxylic acids is 1. The molecule has 3 aliphatic rings. The van der Waals surface area contributed by atoms with Crippen LogP contribution in [-0.4, -0.2) is 35.0 Å². The minimum Gasteiger partial charge on any atom is -0.456 e. The van der Waals surface area contributed by atoms with E-state index in [0.717, 1.165) is 31.3 Å². The maximum atomic E-state index is 12.5. The molecule has 2 fully saturated rings. The minimum atomic E-state index is -0.891.